The summed E-state index contributed by atoms with van der Waals surface area (Å²) >= 11 is 1.72. The van der Waals surface area contributed by atoms with Gasteiger partial charge >= 0.3 is 0 Å². The monoisotopic (exact) mass is 292 g/mol. The maximum atomic E-state index is 4.72. The third kappa shape index (κ3) is 3.67. The van der Waals surface area contributed by atoms with E-state index in [1.165, 1.54) is 5.56 Å². The third-order valence-corrected chi connectivity index (χ3v) is 4.06. The fourth-order valence-electron chi connectivity index (χ4n) is 1.94. The molecule has 2 aromatic heterocycles. The summed E-state index contributed by atoms with van der Waals surface area (Å²) in [6.07, 6.45) is 2.12. The van der Waals surface area contributed by atoms with Crippen molar-refractivity contribution >= 4 is 11.3 Å². The Bertz CT molecular complexity index is 563. The lowest BCUT2D eigenvalue weighted by molar-refractivity contribution is 0.567. The van der Waals surface area contributed by atoms with Crippen molar-refractivity contribution in [1.82, 2.24) is 20.1 Å². The molecule has 110 valence electrons. The Morgan fingerprint density at radius 2 is 2.10 bits per heavy atom. The Hall–Kier alpha value is -1.20. The largest absolute Gasteiger partial charge is 0.313 e. The molecule has 0 aliphatic carbocycles. The van der Waals surface area contributed by atoms with Gasteiger partial charge in [0.1, 0.15) is 5.01 Å². The first-order valence-corrected chi connectivity index (χ1v) is 7.96. The minimum absolute atomic E-state index is 0.116. The average molecular weight is 292 g/mol. The normalized spacial score (nSPS) is 12.1. The average Bonchev–Trinajstić information content (AvgIpc) is 2.94. The second-order valence-corrected chi connectivity index (χ2v) is 7.04. The van der Waals surface area contributed by atoms with E-state index in [1.54, 1.807) is 11.3 Å². The summed E-state index contributed by atoms with van der Waals surface area (Å²) in [5.41, 5.74) is 3.64. The SMILES string of the molecule is CCNCc1cn(Cc2nc(C(C)(C)C)cs2)nc1C. The maximum Gasteiger partial charge on any atom is 0.114 e. The second kappa shape index (κ2) is 6.06. The van der Waals surface area contributed by atoms with E-state index in [2.05, 4.69) is 56.6 Å². The van der Waals surface area contributed by atoms with Crippen LogP contribution in [0.15, 0.2) is 11.6 Å². The quantitative estimate of drug-likeness (QED) is 0.921. The summed E-state index contributed by atoms with van der Waals surface area (Å²) < 4.78 is 1.99. The van der Waals surface area contributed by atoms with Crippen molar-refractivity contribution in [2.45, 2.75) is 53.1 Å². The number of aryl methyl sites for hydroxylation is 1. The Balaban J connectivity index is 2.08. The van der Waals surface area contributed by atoms with E-state index in [1.807, 2.05) is 4.68 Å². The molecule has 0 aliphatic heterocycles. The predicted octanol–water partition coefficient (Wildman–Crippen LogP) is 3.10. The standard InChI is InChI=1S/C15H24N4S/c1-6-16-7-12-8-19(18-11(12)2)9-14-17-13(10-20-14)15(3,4)5/h8,10,16H,6-7,9H2,1-5H3. The van der Waals surface area contributed by atoms with Gasteiger partial charge in [0.15, 0.2) is 0 Å². The predicted molar refractivity (Wildman–Crippen MR) is 84.3 cm³/mol. The van der Waals surface area contributed by atoms with Crippen LogP contribution in [0.1, 0.15) is 49.7 Å². The van der Waals surface area contributed by atoms with Crippen LogP contribution in [0, 0.1) is 6.92 Å². The molecule has 2 rings (SSSR count). The molecule has 0 atom stereocenters. The molecule has 1 N–H and O–H groups in total. The number of nitrogens with one attached hydrogen (secondary N) is 1. The fourth-order valence-corrected chi connectivity index (χ4v) is 2.95. The number of thiazole rings is 1. The summed E-state index contributed by atoms with van der Waals surface area (Å²) in [6, 6.07) is 0. The molecule has 0 radical (unpaired) electrons. The van der Waals surface area contributed by atoms with Crippen LogP contribution < -0.4 is 5.32 Å². The summed E-state index contributed by atoms with van der Waals surface area (Å²) in [6.45, 7) is 13.4. The van der Waals surface area contributed by atoms with E-state index in [0.29, 0.717) is 0 Å². The molecule has 2 heterocycles. The molecular weight excluding hydrogens is 268 g/mol. The van der Waals surface area contributed by atoms with Crippen LogP contribution in [0.2, 0.25) is 0 Å². The molecule has 2 aromatic rings. The van der Waals surface area contributed by atoms with Gasteiger partial charge in [-0.3, -0.25) is 4.68 Å². The highest BCUT2D eigenvalue weighted by Gasteiger charge is 2.17. The van der Waals surface area contributed by atoms with Crippen LogP contribution >= 0.6 is 11.3 Å². The lowest BCUT2D eigenvalue weighted by Gasteiger charge is -2.14. The topological polar surface area (TPSA) is 42.7 Å². The summed E-state index contributed by atoms with van der Waals surface area (Å²) in [5, 5.41) is 11.2. The van der Waals surface area contributed by atoms with Gasteiger partial charge in [0, 0.05) is 29.1 Å². The Kier molecular flexibility index (Phi) is 4.60. The lowest BCUT2D eigenvalue weighted by Crippen LogP contribution is -2.12. The molecule has 0 fully saturated rings. The summed E-state index contributed by atoms with van der Waals surface area (Å²) in [7, 11) is 0. The first-order valence-electron chi connectivity index (χ1n) is 7.08. The molecule has 0 aromatic carbocycles. The minimum Gasteiger partial charge on any atom is -0.313 e. The smallest absolute Gasteiger partial charge is 0.114 e. The maximum absolute atomic E-state index is 4.72. The minimum atomic E-state index is 0.116. The number of nitrogens with zero attached hydrogens (tertiary/aromatic N) is 3. The number of aromatic nitrogens is 3. The van der Waals surface area contributed by atoms with Gasteiger partial charge in [0.2, 0.25) is 0 Å². The lowest BCUT2D eigenvalue weighted by atomic mass is 9.93. The van der Waals surface area contributed by atoms with E-state index in [-0.39, 0.29) is 5.41 Å². The number of hydrogen-bond acceptors (Lipinski definition) is 4. The zero-order chi connectivity index (χ0) is 14.8. The van der Waals surface area contributed by atoms with Crippen molar-refractivity contribution in [2.24, 2.45) is 0 Å². The van der Waals surface area contributed by atoms with Crippen molar-refractivity contribution in [3.63, 3.8) is 0 Å². The van der Waals surface area contributed by atoms with Crippen LogP contribution in [-0.4, -0.2) is 21.3 Å². The van der Waals surface area contributed by atoms with Gasteiger partial charge < -0.3 is 5.32 Å². The zero-order valence-electron chi connectivity index (χ0n) is 13.0. The molecule has 0 saturated carbocycles. The van der Waals surface area contributed by atoms with E-state index in [0.717, 1.165) is 36.0 Å². The first kappa shape index (κ1) is 15.2. The fraction of sp³-hybridized carbons (Fsp3) is 0.600. The van der Waals surface area contributed by atoms with Gasteiger partial charge in [-0.2, -0.15) is 5.10 Å². The van der Waals surface area contributed by atoms with Gasteiger partial charge in [0.05, 0.1) is 17.9 Å². The first-order chi connectivity index (χ1) is 9.40. The molecular formula is C15H24N4S. The second-order valence-electron chi connectivity index (χ2n) is 6.09. The van der Waals surface area contributed by atoms with Gasteiger partial charge in [-0.15, -0.1) is 11.3 Å². The van der Waals surface area contributed by atoms with Crippen molar-refractivity contribution < 1.29 is 0 Å². The van der Waals surface area contributed by atoms with E-state index >= 15 is 0 Å². The third-order valence-electron chi connectivity index (χ3n) is 3.23. The molecule has 0 aliphatic rings. The van der Waals surface area contributed by atoms with Gasteiger partial charge in [-0.05, 0) is 13.5 Å². The molecule has 0 amide bonds. The number of rotatable bonds is 5. The van der Waals surface area contributed by atoms with Crippen molar-refractivity contribution in [1.29, 1.82) is 0 Å². The Morgan fingerprint density at radius 3 is 2.70 bits per heavy atom. The van der Waals surface area contributed by atoms with Crippen LogP contribution in [0.3, 0.4) is 0 Å². The Morgan fingerprint density at radius 1 is 1.35 bits per heavy atom. The van der Waals surface area contributed by atoms with Gasteiger partial charge in [-0.25, -0.2) is 4.98 Å². The van der Waals surface area contributed by atoms with Crippen LogP contribution in [0.5, 0.6) is 0 Å². The highest BCUT2D eigenvalue weighted by molar-refractivity contribution is 7.09. The van der Waals surface area contributed by atoms with E-state index < -0.39 is 0 Å². The van der Waals surface area contributed by atoms with Crippen LogP contribution in [-0.2, 0) is 18.5 Å². The van der Waals surface area contributed by atoms with E-state index in [9.17, 15) is 0 Å². The van der Waals surface area contributed by atoms with Crippen LogP contribution in [0.4, 0.5) is 0 Å². The van der Waals surface area contributed by atoms with Crippen molar-refractivity contribution in [3.05, 3.63) is 33.5 Å². The zero-order valence-corrected chi connectivity index (χ0v) is 13.8. The molecule has 20 heavy (non-hydrogen) atoms. The van der Waals surface area contributed by atoms with E-state index in [4.69, 9.17) is 4.98 Å². The highest BCUT2D eigenvalue weighted by atomic mass is 32.1. The Labute approximate surface area is 125 Å². The molecule has 0 saturated heterocycles. The van der Waals surface area contributed by atoms with Crippen LogP contribution in [0.25, 0.3) is 0 Å². The molecule has 0 unspecified atom stereocenters. The van der Waals surface area contributed by atoms with Crippen molar-refractivity contribution in [2.75, 3.05) is 6.54 Å². The summed E-state index contributed by atoms with van der Waals surface area (Å²) in [5.74, 6) is 0. The number of hydrogen-bond donors (Lipinski definition) is 1. The van der Waals surface area contributed by atoms with Gasteiger partial charge in [0.25, 0.3) is 0 Å². The molecule has 4 nitrogen and oxygen atoms in total. The highest BCUT2D eigenvalue weighted by Crippen LogP contribution is 2.24. The van der Waals surface area contributed by atoms with Gasteiger partial charge in [-0.1, -0.05) is 27.7 Å². The summed E-state index contributed by atoms with van der Waals surface area (Å²) in [4.78, 5) is 4.72. The molecule has 0 bridgehead atoms. The molecule has 0 spiro atoms. The molecule has 5 heteroatoms. The van der Waals surface area contributed by atoms with Crippen molar-refractivity contribution in [3.8, 4) is 0 Å².